The summed E-state index contributed by atoms with van der Waals surface area (Å²) in [5.74, 6) is -1.05. The zero-order valence-electron chi connectivity index (χ0n) is 39.1. The summed E-state index contributed by atoms with van der Waals surface area (Å²) < 4.78 is 20.7. The lowest BCUT2D eigenvalue weighted by molar-refractivity contribution is -0.258. The second kappa shape index (κ2) is 24.5. The standard InChI is InChI=1S/C55H76N2O8/c1-3-5-6-7-8-9-10-11-12-28-51(61)57(39-42-25-21-24-40-22-13-14-26-44(40)42)50-38-48(56-65-52-29-17-20-35-62-52)46-36-41(23-15-18-32-58)45(27-16-19-33-59)53-47-37-43(60)30-31-49(47)64-55(50,54(46)53)63-34-4-2/h4,13-14,21-22,24-26,30-31,36-37,41,45,50,52-54,58-60H,2-3,5-12,15-20,23,27-29,32-35,38-39H2,1H3/t41-,45+,50-,52?,53+,54+,55+/m0/s1. The van der Waals surface area contributed by atoms with Gasteiger partial charge in [0, 0.05) is 50.5 Å². The first-order valence-corrected chi connectivity index (χ1v) is 25.2. The number of hydrogen-bond acceptors (Lipinski definition) is 9. The number of aliphatic hydroxyl groups is 2. The molecule has 7 rings (SSSR count). The van der Waals surface area contributed by atoms with Crippen molar-refractivity contribution < 1.29 is 39.2 Å². The molecule has 4 aliphatic rings. The van der Waals surface area contributed by atoms with Gasteiger partial charge in [-0.3, -0.25) is 4.79 Å². The molecule has 1 saturated carbocycles. The van der Waals surface area contributed by atoms with Gasteiger partial charge in [-0.1, -0.05) is 131 Å². The molecule has 2 fully saturated rings. The highest BCUT2D eigenvalue weighted by Gasteiger charge is 2.65. The van der Waals surface area contributed by atoms with Crippen molar-refractivity contribution in [1.29, 1.82) is 0 Å². The zero-order chi connectivity index (χ0) is 45.4. The van der Waals surface area contributed by atoms with Crippen LogP contribution in [0.1, 0.15) is 152 Å². The predicted molar refractivity (Wildman–Crippen MR) is 258 cm³/mol. The lowest BCUT2D eigenvalue weighted by Crippen LogP contribution is -2.70. The summed E-state index contributed by atoms with van der Waals surface area (Å²) in [5, 5.41) is 38.3. The second-order valence-corrected chi connectivity index (χ2v) is 18.9. The van der Waals surface area contributed by atoms with Gasteiger partial charge in [0.2, 0.25) is 18.0 Å². The number of aliphatic hydroxyl groups excluding tert-OH is 2. The molecule has 2 aliphatic carbocycles. The number of allylic oxidation sites excluding steroid dienone is 1. The fourth-order valence-corrected chi connectivity index (χ4v) is 11.3. The molecule has 2 aliphatic heterocycles. The number of phenols is 1. The largest absolute Gasteiger partial charge is 0.508 e. The van der Waals surface area contributed by atoms with Crippen molar-refractivity contribution in [2.45, 2.75) is 166 Å². The van der Waals surface area contributed by atoms with Crippen molar-refractivity contribution in [3.63, 3.8) is 0 Å². The Morgan fingerprint density at radius 1 is 0.908 bits per heavy atom. The normalized spacial score (nSPS) is 25.3. The molecule has 1 amide bonds. The number of amides is 1. The van der Waals surface area contributed by atoms with Gasteiger partial charge in [0.15, 0.2) is 0 Å². The number of hydrogen-bond donors (Lipinski definition) is 3. The molecule has 1 saturated heterocycles. The molecule has 0 spiro atoms. The number of rotatable bonds is 26. The van der Waals surface area contributed by atoms with Crippen LogP contribution in [0, 0.1) is 17.8 Å². The van der Waals surface area contributed by atoms with E-state index < -0.39 is 24.0 Å². The summed E-state index contributed by atoms with van der Waals surface area (Å²) in [6.45, 7) is 7.72. The fraction of sp³-hybridized carbons (Fsp3) is 0.600. The average molecular weight is 893 g/mol. The molecule has 0 aromatic heterocycles. The summed E-state index contributed by atoms with van der Waals surface area (Å²) in [6, 6.07) is 19.4. The molecule has 10 heteroatoms. The van der Waals surface area contributed by atoms with Gasteiger partial charge in [-0.05, 0) is 96.9 Å². The van der Waals surface area contributed by atoms with E-state index in [0.29, 0.717) is 44.6 Å². The number of fused-ring (bicyclic) bond motifs is 3. The summed E-state index contributed by atoms with van der Waals surface area (Å²) in [5.41, 5.74) is 3.67. The van der Waals surface area contributed by atoms with Crippen molar-refractivity contribution in [2.24, 2.45) is 22.9 Å². The maximum atomic E-state index is 15.4. The van der Waals surface area contributed by atoms with Crippen LogP contribution in [-0.4, -0.2) is 76.4 Å². The molecular weight excluding hydrogens is 817 g/mol. The van der Waals surface area contributed by atoms with E-state index >= 15 is 4.79 Å². The molecule has 3 aromatic carbocycles. The Morgan fingerprint density at radius 3 is 2.42 bits per heavy atom. The number of aromatic hydroxyl groups is 1. The van der Waals surface area contributed by atoms with Gasteiger partial charge in [-0.2, -0.15) is 0 Å². The van der Waals surface area contributed by atoms with Gasteiger partial charge in [0.1, 0.15) is 17.5 Å². The van der Waals surface area contributed by atoms with Crippen molar-refractivity contribution in [3.05, 3.63) is 96.1 Å². The van der Waals surface area contributed by atoms with Gasteiger partial charge >= 0.3 is 0 Å². The average Bonchev–Trinajstić information content (AvgIpc) is 3.33. The predicted octanol–water partition coefficient (Wildman–Crippen LogP) is 11.7. The molecule has 0 radical (unpaired) electrons. The Morgan fingerprint density at radius 2 is 1.66 bits per heavy atom. The number of unbranched alkanes of at least 4 members (excludes halogenated alkanes) is 10. The highest BCUT2D eigenvalue weighted by Crippen LogP contribution is 2.62. The Balaban J connectivity index is 1.37. The van der Waals surface area contributed by atoms with Gasteiger partial charge in [-0.25, -0.2) is 0 Å². The second-order valence-electron chi connectivity index (χ2n) is 18.9. The molecule has 3 aromatic rings. The van der Waals surface area contributed by atoms with Crippen LogP contribution < -0.4 is 4.74 Å². The van der Waals surface area contributed by atoms with E-state index in [2.05, 4.69) is 56.0 Å². The van der Waals surface area contributed by atoms with Crippen LogP contribution in [0.15, 0.2) is 90.1 Å². The van der Waals surface area contributed by atoms with E-state index in [1.807, 2.05) is 23.1 Å². The maximum Gasteiger partial charge on any atom is 0.239 e. The molecule has 10 nitrogen and oxygen atoms in total. The van der Waals surface area contributed by atoms with Crippen molar-refractivity contribution >= 4 is 22.4 Å². The Labute approximate surface area is 388 Å². The summed E-state index contributed by atoms with van der Waals surface area (Å²) in [7, 11) is 0. The topological polar surface area (TPSA) is 130 Å². The third-order valence-corrected chi connectivity index (χ3v) is 14.5. The molecule has 354 valence electrons. The maximum absolute atomic E-state index is 15.4. The van der Waals surface area contributed by atoms with E-state index in [4.69, 9.17) is 24.2 Å². The van der Waals surface area contributed by atoms with Crippen LogP contribution >= 0.6 is 0 Å². The number of carbonyl (C=O) groups is 1. The number of benzene rings is 3. The summed E-state index contributed by atoms with van der Waals surface area (Å²) in [4.78, 5) is 23.8. The number of oxime groups is 1. The van der Waals surface area contributed by atoms with Gasteiger partial charge in [0.25, 0.3) is 0 Å². The first-order chi connectivity index (χ1) is 31.9. The number of carbonyl (C=O) groups excluding carboxylic acids is 1. The van der Waals surface area contributed by atoms with Crippen LogP contribution in [0.2, 0.25) is 0 Å². The van der Waals surface area contributed by atoms with Gasteiger partial charge < -0.3 is 39.3 Å². The first kappa shape index (κ1) is 48.7. The molecule has 1 unspecified atom stereocenters. The minimum absolute atomic E-state index is 0.0459. The van der Waals surface area contributed by atoms with Crippen LogP contribution in [0.4, 0.5) is 0 Å². The summed E-state index contributed by atoms with van der Waals surface area (Å²) in [6.07, 6.45) is 22.2. The van der Waals surface area contributed by atoms with E-state index in [1.54, 1.807) is 12.1 Å². The fourth-order valence-electron chi connectivity index (χ4n) is 11.3. The number of nitrogens with zero attached hydrogens (tertiary/aromatic N) is 2. The Hall–Kier alpha value is -4.22. The molecule has 2 heterocycles. The molecule has 65 heavy (non-hydrogen) atoms. The monoisotopic (exact) mass is 893 g/mol. The minimum Gasteiger partial charge on any atom is -0.508 e. The highest BCUT2D eigenvalue weighted by molar-refractivity contribution is 6.03. The van der Waals surface area contributed by atoms with E-state index in [9.17, 15) is 15.3 Å². The zero-order valence-corrected chi connectivity index (χ0v) is 39.1. The van der Waals surface area contributed by atoms with Crippen molar-refractivity contribution in [3.8, 4) is 11.5 Å². The van der Waals surface area contributed by atoms with Crippen molar-refractivity contribution in [1.82, 2.24) is 4.90 Å². The molecule has 3 N–H and O–H groups in total. The van der Waals surface area contributed by atoms with Crippen LogP contribution in [0.25, 0.3) is 10.8 Å². The van der Waals surface area contributed by atoms with Crippen molar-refractivity contribution in [2.75, 3.05) is 26.4 Å². The van der Waals surface area contributed by atoms with Crippen LogP contribution in [-0.2, 0) is 25.7 Å². The van der Waals surface area contributed by atoms with Crippen LogP contribution in [0.3, 0.4) is 0 Å². The summed E-state index contributed by atoms with van der Waals surface area (Å²) >= 11 is 0. The Kier molecular flexibility index (Phi) is 18.4. The van der Waals surface area contributed by atoms with Crippen LogP contribution in [0.5, 0.6) is 11.5 Å². The smallest absolute Gasteiger partial charge is 0.239 e. The minimum atomic E-state index is -1.38. The molecular formula is C55H76N2O8. The molecule has 0 bridgehead atoms. The van der Waals surface area contributed by atoms with Gasteiger partial charge in [0.05, 0.1) is 24.8 Å². The van der Waals surface area contributed by atoms with Gasteiger partial charge in [-0.15, -0.1) is 6.58 Å². The third-order valence-electron chi connectivity index (χ3n) is 14.5. The van der Waals surface area contributed by atoms with E-state index in [-0.39, 0.29) is 49.2 Å². The number of phenolic OH excluding ortho intramolecular Hbond substituents is 1. The first-order valence-electron chi connectivity index (χ1n) is 25.2. The third kappa shape index (κ3) is 11.8. The Bertz CT molecular complexity index is 2040. The van der Waals surface area contributed by atoms with E-state index in [1.165, 1.54) is 38.5 Å². The molecule has 7 atom stereocenters. The SMILES string of the molecule is C=CCO[C@@]12Oc3ccc(O)cc3[C@H]3[C@H](CCCCO)[C@@H](CCCCO)C=C(C(=NOC4CCCCO4)C[C@@H]1N(Cc1cccc4ccccc14)C(=O)CCCCCCCCCCC)[C@H]32. The quantitative estimate of drug-likeness (QED) is 0.0413. The number of ether oxygens (including phenoxy) is 3. The highest BCUT2D eigenvalue weighted by atomic mass is 16.8. The lowest BCUT2D eigenvalue weighted by atomic mass is 9.55. The lowest BCUT2D eigenvalue weighted by Gasteiger charge is -2.60. The van der Waals surface area contributed by atoms with E-state index in [0.717, 1.165) is 97.4 Å².